The highest BCUT2D eigenvalue weighted by Gasteiger charge is 2.57. The van der Waals surface area contributed by atoms with Crippen LogP contribution in [0.4, 0.5) is 4.39 Å². The number of halogens is 1. The molecule has 2 N–H and O–H groups in total. The maximum atomic E-state index is 15.3. The monoisotopic (exact) mass is 500 g/mol. The van der Waals surface area contributed by atoms with Gasteiger partial charge in [0.25, 0.3) is 11.4 Å². The third-order valence-corrected chi connectivity index (χ3v) is 6.75. The molecule has 0 unspecified atom stereocenters. The SMILES string of the molecule is CCC(CC)C(=O)OC[C@@]1(F)O[C@@H](n2ccc(=O)n(COC(=O)C3CCCCC3)c2=O)[C@H](O)[C@@H]1O. The standard InChI is InChI=1S/C23H33FN2O9/c1-3-14(4-2)20(30)33-12-23(24)18(29)17(28)19(35-23)25-11-10-16(27)26(22(25)32)13-34-21(31)15-8-6-5-7-9-15/h10-11,14-15,17-19,28-29H,3-9,12-13H2,1-2H3/t17-,18+,19-,23-/m1/s1. The lowest BCUT2D eigenvalue weighted by atomic mass is 9.89. The van der Waals surface area contributed by atoms with Crippen LogP contribution in [0.3, 0.4) is 0 Å². The van der Waals surface area contributed by atoms with Gasteiger partial charge in [-0.2, -0.15) is 0 Å². The normalized spacial score (nSPS) is 27.2. The summed E-state index contributed by atoms with van der Waals surface area (Å²) in [4.78, 5) is 49.6. The molecule has 1 aliphatic heterocycles. The summed E-state index contributed by atoms with van der Waals surface area (Å²) in [6.07, 6.45) is 0.331. The third kappa shape index (κ3) is 5.81. The summed E-state index contributed by atoms with van der Waals surface area (Å²) < 4.78 is 31.9. The van der Waals surface area contributed by atoms with E-state index in [-0.39, 0.29) is 5.92 Å². The van der Waals surface area contributed by atoms with Crippen LogP contribution in [0.15, 0.2) is 21.9 Å². The average molecular weight is 501 g/mol. The number of rotatable bonds is 9. The van der Waals surface area contributed by atoms with E-state index in [1.54, 1.807) is 13.8 Å². The van der Waals surface area contributed by atoms with Crippen LogP contribution in [-0.2, 0) is 30.5 Å². The van der Waals surface area contributed by atoms with Crippen molar-refractivity contribution in [2.75, 3.05) is 6.61 Å². The van der Waals surface area contributed by atoms with Gasteiger partial charge in [0.2, 0.25) is 0 Å². The summed E-state index contributed by atoms with van der Waals surface area (Å²) in [5, 5.41) is 20.7. The molecule has 11 nitrogen and oxygen atoms in total. The Hall–Kier alpha value is -2.57. The van der Waals surface area contributed by atoms with Crippen molar-refractivity contribution in [1.29, 1.82) is 0 Å². The molecule has 1 saturated heterocycles. The molecule has 0 spiro atoms. The average Bonchev–Trinajstić information content (AvgIpc) is 3.08. The summed E-state index contributed by atoms with van der Waals surface area (Å²) in [6, 6.07) is 0.962. The molecule has 2 heterocycles. The van der Waals surface area contributed by atoms with Crippen molar-refractivity contribution in [3.63, 3.8) is 0 Å². The zero-order valence-electron chi connectivity index (χ0n) is 19.9. The van der Waals surface area contributed by atoms with Gasteiger partial charge in [0.1, 0.15) is 12.2 Å². The van der Waals surface area contributed by atoms with Gasteiger partial charge in [0, 0.05) is 12.3 Å². The molecule has 12 heteroatoms. The van der Waals surface area contributed by atoms with E-state index in [1.807, 2.05) is 0 Å². The zero-order valence-corrected chi connectivity index (χ0v) is 19.9. The van der Waals surface area contributed by atoms with E-state index in [2.05, 4.69) is 0 Å². The van der Waals surface area contributed by atoms with Crippen molar-refractivity contribution in [3.8, 4) is 0 Å². The number of hydrogen-bond donors (Lipinski definition) is 2. The molecule has 2 aliphatic rings. The van der Waals surface area contributed by atoms with Gasteiger partial charge < -0.3 is 24.4 Å². The Morgan fingerprint density at radius 3 is 2.46 bits per heavy atom. The van der Waals surface area contributed by atoms with Gasteiger partial charge >= 0.3 is 17.6 Å². The topological polar surface area (TPSA) is 146 Å². The minimum absolute atomic E-state index is 0.296. The van der Waals surface area contributed by atoms with Crippen molar-refractivity contribution >= 4 is 11.9 Å². The fourth-order valence-corrected chi connectivity index (χ4v) is 4.43. The van der Waals surface area contributed by atoms with Gasteiger partial charge in [-0.1, -0.05) is 33.1 Å². The van der Waals surface area contributed by atoms with Crippen molar-refractivity contribution in [1.82, 2.24) is 9.13 Å². The Balaban J connectivity index is 1.74. The first-order valence-electron chi connectivity index (χ1n) is 12.0. The highest BCUT2D eigenvalue weighted by atomic mass is 19.2. The highest BCUT2D eigenvalue weighted by molar-refractivity contribution is 5.72. The van der Waals surface area contributed by atoms with Gasteiger partial charge in [-0.3, -0.25) is 19.0 Å². The highest BCUT2D eigenvalue weighted by Crippen LogP contribution is 2.38. The molecule has 0 aromatic carbocycles. The van der Waals surface area contributed by atoms with E-state index < -0.39 is 66.7 Å². The smallest absolute Gasteiger partial charge is 0.335 e. The predicted octanol–water partition coefficient (Wildman–Crippen LogP) is 0.987. The number of hydrogen-bond acceptors (Lipinski definition) is 9. The van der Waals surface area contributed by atoms with Gasteiger partial charge in [-0.15, -0.1) is 0 Å². The largest absolute Gasteiger partial charge is 0.459 e. The first-order chi connectivity index (χ1) is 16.6. The second kappa shape index (κ2) is 11.4. The second-order valence-electron chi connectivity index (χ2n) is 9.05. The maximum absolute atomic E-state index is 15.3. The van der Waals surface area contributed by atoms with E-state index in [1.165, 1.54) is 0 Å². The van der Waals surface area contributed by atoms with Crippen molar-refractivity contribution in [2.24, 2.45) is 11.8 Å². The lowest BCUT2D eigenvalue weighted by molar-refractivity contribution is -0.218. The number of carbonyl (C=O) groups excluding carboxylic acids is 2. The molecule has 35 heavy (non-hydrogen) atoms. The molecule has 1 aromatic rings. The molecule has 196 valence electrons. The molecule has 1 saturated carbocycles. The van der Waals surface area contributed by atoms with E-state index in [0.29, 0.717) is 34.8 Å². The van der Waals surface area contributed by atoms with Gasteiger partial charge in [0.15, 0.2) is 19.6 Å². The molecule has 1 aromatic heterocycles. The van der Waals surface area contributed by atoms with E-state index in [9.17, 15) is 29.4 Å². The number of ether oxygens (including phenoxy) is 3. The Bertz CT molecular complexity index is 1010. The molecule has 4 atom stereocenters. The summed E-state index contributed by atoms with van der Waals surface area (Å²) >= 11 is 0. The van der Waals surface area contributed by atoms with E-state index in [4.69, 9.17) is 14.2 Å². The van der Waals surface area contributed by atoms with Crippen molar-refractivity contribution < 1.29 is 38.4 Å². The van der Waals surface area contributed by atoms with Gasteiger partial charge in [-0.25, -0.2) is 13.8 Å². The minimum atomic E-state index is -2.99. The molecule has 1 aliphatic carbocycles. The van der Waals surface area contributed by atoms with Crippen LogP contribution in [0.5, 0.6) is 0 Å². The van der Waals surface area contributed by atoms with Crippen molar-refractivity contribution in [2.45, 2.75) is 89.8 Å². The summed E-state index contributed by atoms with van der Waals surface area (Å²) in [5.74, 6) is -4.93. The quantitative estimate of drug-likeness (QED) is 0.474. The van der Waals surface area contributed by atoms with Crippen LogP contribution >= 0.6 is 0 Å². The molecular formula is C23H33FN2O9. The van der Waals surface area contributed by atoms with Crippen LogP contribution < -0.4 is 11.2 Å². The predicted molar refractivity (Wildman–Crippen MR) is 119 cm³/mol. The first-order valence-corrected chi connectivity index (χ1v) is 12.0. The van der Waals surface area contributed by atoms with Gasteiger partial charge in [0.05, 0.1) is 11.8 Å². The minimum Gasteiger partial charge on any atom is -0.459 e. The van der Waals surface area contributed by atoms with E-state index >= 15 is 4.39 Å². The molecule has 0 radical (unpaired) electrons. The Morgan fingerprint density at radius 2 is 1.83 bits per heavy atom. The van der Waals surface area contributed by atoms with Crippen molar-refractivity contribution in [3.05, 3.63) is 33.1 Å². The molecule has 3 rings (SSSR count). The number of aliphatic hydroxyl groups is 2. The molecular weight excluding hydrogens is 467 g/mol. The van der Waals surface area contributed by atoms with Crippen LogP contribution in [0.1, 0.15) is 65.0 Å². The Labute approximate surface area is 201 Å². The number of nitrogens with zero attached hydrogens (tertiary/aromatic N) is 2. The summed E-state index contributed by atoms with van der Waals surface area (Å²) in [5.41, 5.74) is -1.81. The number of alkyl halides is 1. The number of esters is 2. The fraction of sp³-hybridized carbons (Fsp3) is 0.739. The maximum Gasteiger partial charge on any atom is 0.335 e. The van der Waals surface area contributed by atoms with Crippen LogP contribution in [-0.4, -0.2) is 56.0 Å². The number of aromatic nitrogens is 2. The summed E-state index contributed by atoms with van der Waals surface area (Å²) in [7, 11) is 0. The molecule has 0 bridgehead atoms. The number of aliphatic hydroxyl groups excluding tert-OH is 2. The van der Waals surface area contributed by atoms with Gasteiger partial charge in [-0.05, 0) is 25.7 Å². The van der Waals surface area contributed by atoms with Crippen LogP contribution in [0.2, 0.25) is 0 Å². The van der Waals surface area contributed by atoms with Crippen LogP contribution in [0.25, 0.3) is 0 Å². The van der Waals surface area contributed by atoms with E-state index in [0.717, 1.165) is 31.5 Å². The lowest BCUT2D eigenvalue weighted by Crippen LogP contribution is -2.44. The second-order valence-corrected chi connectivity index (χ2v) is 9.05. The zero-order chi connectivity index (χ0) is 25.8. The lowest BCUT2D eigenvalue weighted by Gasteiger charge is -2.24. The molecule has 2 fully saturated rings. The number of carbonyl (C=O) groups is 2. The van der Waals surface area contributed by atoms with Crippen LogP contribution in [0, 0.1) is 11.8 Å². The molecule has 0 amide bonds. The Morgan fingerprint density at radius 1 is 1.17 bits per heavy atom. The Kier molecular flexibility index (Phi) is 8.84. The first kappa shape index (κ1) is 27.0. The third-order valence-electron chi connectivity index (χ3n) is 6.75. The summed E-state index contributed by atoms with van der Waals surface area (Å²) in [6.45, 7) is 1.89. The fourth-order valence-electron chi connectivity index (χ4n) is 4.43.